The van der Waals surface area contributed by atoms with Gasteiger partial charge in [0.2, 0.25) is 5.91 Å². The molecule has 1 aromatic carbocycles. The molecule has 0 aliphatic heterocycles. The van der Waals surface area contributed by atoms with E-state index in [1.807, 2.05) is 11.6 Å². The van der Waals surface area contributed by atoms with Gasteiger partial charge in [-0.3, -0.25) is 9.48 Å². The average Bonchev–Trinajstić information content (AvgIpc) is 3.18. The lowest BCUT2D eigenvalue weighted by Crippen LogP contribution is -2.31. The summed E-state index contributed by atoms with van der Waals surface area (Å²) in [7, 11) is 0. The second-order valence-corrected chi connectivity index (χ2v) is 7.54. The molecule has 0 saturated heterocycles. The van der Waals surface area contributed by atoms with Gasteiger partial charge in [0.25, 0.3) is 0 Å². The van der Waals surface area contributed by atoms with Crippen LogP contribution in [0.15, 0.2) is 24.3 Å². The second-order valence-electron chi connectivity index (χ2n) is 7.54. The van der Waals surface area contributed by atoms with Gasteiger partial charge in [0.1, 0.15) is 0 Å². The van der Waals surface area contributed by atoms with Gasteiger partial charge in [0, 0.05) is 35.3 Å². The second kappa shape index (κ2) is 7.22. The van der Waals surface area contributed by atoms with E-state index >= 15 is 0 Å². The maximum Gasteiger partial charge on any atom is 0.220 e. The molecule has 27 heavy (non-hydrogen) atoms. The van der Waals surface area contributed by atoms with Crippen molar-refractivity contribution in [3.8, 4) is 0 Å². The topological polar surface area (TPSA) is 62.7 Å². The number of carbonyl (C=O) groups excluding carboxylic acids is 1. The number of hydrogen-bond acceptors (Lipinski definition) is 2. The third-order valence-electron chi connectivity index (χ3n) is 5.88. The maximum absolute atomic E-state index is 12.7. The summed E-state index contributed by atoms with van der Waals surface area (Å²) in [6.45, 7) is 7.08. The highest BCUT2D eigenvalue weighted by molar-refractivity contribution is 5.85. The molecule has 142 valence electrons. The summed E-state index contributed by atoms with van der Waals surface area (Å²) in [5.74, 6) is 0.120. The molecule has 0 fully saturated rings. The SMILES string of the molecule is CCn1nc(C)c(CCC(=O)N[C@H]2CCCc3c2[nH]c2ccccc32)c1C. The van der Waals surface area contributed by atoms with Crippen molar-refractivity contribution in [1.29, 1.82) is 0 Å². The smallest absolute Gasteiger partial charge is 0.220 e. The normalized spacial score (nSPS) is 16.5. The van der Waals surface area contributed by atoms with E-state index in [4.69, 9.17) is 0 Å². The quantitative estimate of drug-likeness (QED) is 0.715. The highest BCUT2D eigenvalue weighted by Crippen LogP contribution is 2.34. The highest BCUT2D eigenvalue weighted by atomic mass is 16.1. The Hall–Kier alpha value is -2.56. The van der Waals surface area contributed by atoms with Crippen molar-refractivity contribution in [3.63, 3.8) is 0 Å². The Kier molecular flexibility index (Phi) is 4.77. The number of fused-ring (bicyclic) bond motifs is 3. The summed E-state index contributed by atoms with van der Waals surface area (Å²) < 4.78 is 2.01. The van der Waals surface area contributed by atoms with Crippen LogP contribution < -0.4 is 5.32 Å². The Morgan fingerprint density at radius 1 is 1.33 bits per heavy atom. The molecule has 1 amide bonds. The van der Waals surface area contributed by atoms with Gasteiger partial charge in [-0.2, -0.15) is 5.10 Å². The van der Waals surface area contributed by atoms with Gasteiger partial charge in [0.15, 0.2) is 0 Å². The van der Waals surface area contributed by atoms with Crippen LogP contribution in [-0.4, -0.2) is 20.7 Å². The van der Waals surface area contributed by atoms with Crippen molar-refractivity contribution in [2.24, 2.45) is 0 Å². The predicted molar refractivity (Wildman–Crippen MR) is 108 cm³/mol. The number of H-pyrrole nitrogens is 1. The van der Waals surface area contributed by atoms with Gasteiger partial charge in [-0.25, -0.2) is 0 Å². The van der Waals surface area contributed by atoms with Crippen LogP contribution in [0.25, 0.3) is 10.9 Å². The van der Waals surface area contributed by atoms with Crippen molar-refractivity contribution in [2.75, 3.05) is 0 Å². The van der Waals surface area contributed by atoms with E-state index in [1.165, 1.54) is 33.4 Å². The standard InChI is InChI=1S/C22H28N4O/c1-4-26-15(3)16(14(2)25-26)12-13-21(27)23-20-11-7-9-18-17-8-5-6-10-19(17)24-22(18)20/h5-6,8,10,20,24H,4,7,9,11-13H2,1-3H3,(H,23,27)/t20-/m0/s1. The van der Waals surface area contributed by atoms with E-state index < -0.39 is 0 Å². The number of nitrogens with one attached hydrogen (secondary N) is 2. The first kappa shape index (κ1) is 17.8. The van der Waals surface area contributed by atoms with Crippen LogP contribution in [0, 0.1) is 13.8 Å². The van der Waals surface area contributed by atoms with E-state index in [0.717, 1.165) is 37.9 Å². The van der Waals surface area contributed by atoms with E-state index in [0.29, 0.717) is 6.42 Å². The summed E-state index contributed by atoms with van der Waals surface area (Å²) in [5, 5.41) is 9.12. The lowest BCUT2D eigenvalue weighted by Gasteiger charge is -2.24. The minimum atomic E-state index is 0.0919. The van der Waals surface area contributed by atoms with Crippen LogP contribution in [0.4, 0.5) is 0 Å². The Bertz CT molecular complexity index is 982. The lowest BCUT2D eigenvalue weighted by molar-refractivity contribution is -0.121. The van der Waals surface area contributed by atoms with Gasteiger partial charge >= 0.3 is 0 Å². The number of nitrogens with zero attached hydrogens (tertiary/aromatic N) is 2. The van der Waals surface area contributed by atoms with E-state index in [2.05, 4.69) is 53.5 Å². The fourth-order valence-electron chi connectivity index (χ4n) is 4.47. The molecule has 2 heterocycles. The molecule has 1 aliphatic rings. The summed E-state index contributed by atoms with van der Waals surface area (Å²) >= 11 is 0. The Morgan fingerprint density at radius 3 is 2.93 bits per heavy atom. The predicted octanol–water partition coefficient (Wildman–Crippen LogP) is 4.13. The van der Waals surface area contributed by atoms with Crippen molar-refractivity contribution in [2.45, 2.75) is 65.5 Å². The number of amides is 1. The van der Waals surface area contributed by atoms with Crippen LogP contribution in [0.5, 0.6) is 0 Å². The fraction of sp³-hybridized carbons (Fsp3) is 0.455. The molecule has 4 rings (SSSR count). The molecule has 5 heteroatoms. The van der Waals surface area contributed by atoms with Gasteiger partial charge in [0.05, 0.1) is 11.7 Å². The van der Waals surface area contributed by atoms with Gasteiger partial charge < -0.3 is 10.3 Å². The molecule has 2 aromatic heterocycles. The average molecular weight is 364 g/mol. The third kappa shape index (κ3) is 3.27. The molecule has 5 nitrogen and oxygen atoms in total. The van der Waals surface area contributed by atoms with Crippen LogP contribution in [-0.2, 0) is 24.2 Å². The summed E-state index contributed by atoms with van der Waals surface area (Å²) in [5.41, 5.74) is 7.17. The number of aryl methyl sites for hydroxylation is 3. The zero-order chi connectivity index (χ0) is 19.0. The molecule has 3 aromatic rings. The fourth-order valence-corrected chi connectivity index (χ4v) is 4.47. The summed E-state index contributed by atoms with van der Waals surface area (Å²) in [6.07, 6.45) is 4.44. The first-order valence-corrected chi connectivity index (χ1v) is 10.00. The first-order valence-electron chi connectivity index (χ1n) is 10.00. The Morgan fingerprint density at radius 2 is 2.15 bits per heavy atom. The maximum atomic E-state index is 12.7. The largest absolute Gasteiger partial charge is 0.356 e. The van der Waals surface area contributed by atoms with Crippen LogP contribution in [0.3, 0.4) is 0 Å². The molecular weight excluding hydrogens is 336 g/mol. The van der Waals surface area contributed by atoms with Crippen molar-refractivity contribution < 1.29 is 4.79 Å². The highest BCUT2D eigenvalue weighted by Gasteiger charge is 2.25. The molecule has 0 radical (unpaired) electrons. The number of benzene rings is 1. The van der Waals surface area contributed by atoms with Crippen LogP contribution in [0.2, 0.25) is 0 Å². The molecule has 1 aliphatic carbocycles. The first-order chi connectivity index (χ1) is 13.1. The minimum absolute atomic E-state index is 0.0919. The molecule has 0 bridgehead atoms. The van der Waals surface area contributed by atoms with Crippen LogP contribution in [0.1, 0.15) is 60.4 Å². The molecule has 0 saturated carbocycles. The van der Waals surface area contributed by atoms with Crippen molar-refractivity contribution in [1.82, 2.24) is 20.1 Å². The number of rotatable bonds is 5. The number of aromatic nitrogens is 3. The van der Waals surface area contributed by atoms with Gasteiger partial charge in [-0.15, -0.1) is 0 Å². The Labute approximate surface area is 160 Å². The number of para-hydroxylation sites is 1. The van der Waals surface area contributed by atoms with E-state index in [1.54, 1.807) is 0 Å². The zero-order valence-corrected chi connectivity index (χ0v) is 16.4. The van der Waals surface area contributed by atoms with Gasteiger partial charge in [-0.05, 0) is 63.6 Å². The number of hydrogen-bond donors (Lipinski definition) is 2. The summed E-state index contributed by atoms with van der Waals surface area (Å²) in [6, 6.07) is 8.52. The molecule has 0 spiro atoms. The van der Waals surface area contributed by atoms with Crippen LogP contribution >= 0.6 is 0 Å². The zero-order valence-electron chi connectivity index (χ0n) is 16.4. The molecule has 2 N–H and O–H groups in total. The lowest BCUT2D eigenvalue weighted by atomic mass is 9.91. The van der Waals surface area contributed by atoms with E-state index in [9.17, 15) is 4.79 Å². The molecule has 0 unspecified atom stereocenters. The third-order valence-corrected chi connectivity index (χ3v) is 5.88. The Balaban J connectivity index is 1.46. The monoisotopic (exact) mass is 364 g/mol. The summed E-state index contributed by atoms with van der Waals surface area (Å²) in [4.78, 5) is 16.2. The van der Waals surface area contributed by atoms with E-state index in [-0.39, 0.29) is 11.9 Å². The van der Waals surface area contributed by atoms with Crippen molar-refractivity contribution in [3.05, 3.63) is 52.5 Å². The number of carbonyl (C=O) groups is 1. The molecule has 1 atom stereocenters. The van der Waals surface area contributed by atoms with Gasteiger partial charge in [-0.1, -0.05) is 18.2 Å². The van der Waals surface area contributed by atoms with Crippen molar-refractivity contribution >= 4 is 16.8 Å². The number of aromatic amines is 1. The molecular formula is C22H28N4O. The minimum Gasteiger partial charge on any atom is -0.356 e.